The molecule has 2 rings (SSSR count). The van der Waals surface area contributed by atoms with Crippen molar-refractivity contribution in [1.29, 1.82) is 0 Å². The molecule has 0 bridgehead atoms. The third kappa shape index (κ3) is 3.26. The number of benzene rings is 1. The second-order valence-corrected chi connectivity index (χ2v) is 4.24. The highest BCUT2D eigenvalue weighted by molar-refractivity contribution is 5.95. The number of Topliss-reactive ketones (excluding diaryl/α,β-unsaturated/α-hetero) is 1. The fourth-order valence-corrected chi connectivity index (χ4v) is 1.78. The Morgan fingerprint density at radius 1 is 1.10 bits per heavy atom. The molecule has 0 fully saturated rings. The maximum atomic E-state index is 11.9. The summed E-state index contributed by atoms with van der Waals surface area (Å²) in [6.07, 6.45) is 0.824. The van der Waals surface area contributed by atoms with Gasteiger partial charge in [-0.15, -0.1) is 0 Å². The number of aromatic carboxylic acids is 1. The predicted octanol–water partition coefficient (Wildman–Crippen LogP) is 2.80. The molecule has 0 spiro atoms. The molecule has 104 valence electrons. The number of methoxy groups -OCH3 is 1. The zero-order valence-corrected chi connectivity index (χ0v) is 11.0. The van der Waals surface area contributed by atoms with Crippen LogP contribution in [0.2, 0.25) is 0 Å². The summed E-state index contributed by atoms with van der Waals surface area (Å²) in [6, 6.07) is 10.1. The second-order valence-electron chi connectivity index (χ2n) is 4.24. The van der Waals surface area contributed by atoms with Gasteiger partial charge in [-0.2, -0.15) is 0 Å². The summed E-state index contributed by atoms with van der Waals surface area (Å²) in [5, 5.41) is 8.72. The molecular weight excluding hydrogens is 260 g/mol. The minimum absolute atomic E-state index is 0.0795. The summed E-state index contributed by atoms with van der Waals surface area (Å²) < 4.78 is 10.0. The number of furan rings is 1. The van der Waals surface area contributed by atoms with E-state index < -0.39 is 5.97 Å². The van der Waals surface area contributed by atoms with Crippen molar-refractivity contribution < 1.29 is 23.8 Å². The predicted molar refractivity (Wildman–Crippen MR) is 71.3 cm³/mol. The molecule has 2 aromatic rings. The van der Waals surface area contributed by atoms with Gasteiger partial charge in [0, 0.05) is 6.42 Å². The zero-order valence-electron chi connectivity index (χ0n) is 11.0. The van der Waals surface area contributed by atoms with Crippen LogP contribution >= 0.6 is 0 Å². The average Bonchev–Trinajstić information content (AvgIpc) is 2.95. The van der Waals surface area contributed by atoms with Crippen molar-refractivity contribution >= 4 is 11.8 Å². The molecule has 1 heterocycles. The molecule has 0 aliphatic rings. The van der Waals surface area contributed by atoms with E-state index in [1.54, 1.807) is 7.11 Å². The Kier molecular flexibility index (Phi) is 4.20. The van der Waals surface area contributed by atoms with E-state index in [4.69, 9.17) is 14.3 Å². The van der Waals surface area contributed by atoms with Gasteiger partial charge < -0.3 is 14.3 Å². The fourth-order valence-electron chi connectivity index (χ4n) is 1.78. The molecule has 0 unspecified atom stereocenters. The summed E-state index contributed by atoms with van der Waals surface area (Å²) in [5.74, 6) is -0.779. The number of ketones is 1. The molecule has 1 aromatic heterocycles. The standard InChI is InChI=1S/C15H14O5/c1-19-11-5-2-10(3-6-11)4-7-12(16)13-8-9-14(20-13)15(17)18/h2-3,5-6,8-9H,4,7H2,1H3,(H,17,18). The molecule has 0 saturated heterocycles. The number of hydrogen-bond acceptors (Lipinski definition) is 4. The quantitative estimate of drug-likeness (QED) is 0.819. The van der Waals surface area contributed by atoms with Crippen LogP contribution in [0.15, 0.2) is 40.8 Å². The van der Waals surface area contributed by atoms with Gasteiger partial charge in [-0.05, 0) is 36.2 Å². The zero-order chi connectivity index (χ0) is 14.5. The Hall–Kier alpha value is -2.56. The smallest absolute Gasteiger partial charge is 0.371 e. The minimum Gasteiger partial charge on any atom is -0.497 e. The van der Waals surface area contributed by atoms with E-state index in [1.165, 1.54) is 12.1 Å². The van der Waals surface area contributed by atoms with Crippen molar-refractivity contribution in [2.45, 2.75) is 12.8 Å². The molecule has 0 aliphatic heterocycles. The highest BCUT2D eigenvalue weighted by atomic mass is 16.5. The van der Waals surface area contributed by atoms with Gasteiger partial charge in [-0.25, -0.2) is 4.79 Å². The number of carbonyl (C=O) groups is 2. The van der Waals surface area contributed by atoms with E-state index in [0.717, 1.165) is 11.3 Å². The van der Waals surface area contributed by atoms with Crippen LogP contribution < -0.4 is 4.74 Å². The lowest BCUT2D eigenvalue weighted by Crippen LogP contribution is -2.00. The number of ether oxygens (including phenoxy) is 1. The van der Waals surface area contributed by atoms with Crippen LogP contribution in [0.3, 0.4) is 0 Å². The summed E-state index contributed by atoms with van der Waals surface area (Å²) >= 11 is 0. The molecule has 0 amide bonds. The maximum Gasteiger partial charge on any atom is 0.371 e. The van der Waals surface area contributed by atoms with E-state index >= 15 is 0 Å². The van der Waals surface area contributed by atoms with Crippen molar-refractivity contribution in [2.24, 2.45) is 0 Å². The van der Waals surface area contributed by atoms with Gasteiger partial charge in [0.1, 0.15) is 5.75 Å². The molecule has 5 nitrogen and oxygen atoms in total. The molecule has 20 heavy (non-hydrogen) atoms. The Morgan fingerprint density at radius 2 is 1.75 bits per heavy atom. The van der Waals surface area contributed by atoms with Crippen molar-refractivity contribution in [3.05, 3.63) is 53.5 Å². The van der Waals surface area contributed by atoms with Gasteiger partial charge in [0.25, 0.3) is 0 Å². The van der Waals surface area contributed by atoms with Crippen molar-refractivity contribution in [1.82, 2.24) is 0 Å². The molecule has 1 aromatic carbocycles. The number of hydrogen-bond donors (Lipinski definition) is 1. The van der Waals surface area contributed by atoms with Crippen molar-refractivity contribution in [3.8, 4) is 5.75 Å². The maximum absolute atomic E-state index is 11.9. The first-order valence-corrected chi connectivity index (χ1v) is 6.09. The van der Waals surface area contributed by atoms with Crippen LogP contribution in [0.1, 0.15) is 33.1 Å². The van der Waals surface area contributed by atoms with E-state index in [0.29, 0.717) is 6.42 Å². The summed E-state index contributed by atoms with van der Waals surface area (Å²) in [5.41, 5.74) is 1.00. The lowest BCUT2D eigenvalue weighted by atomic mass is 10.1. The van der Waals surface area contributed by atoms with Crippen molar-refractivity contribution in [3.63, 3.8) is 0 Å². The lowest BCUT2D eigenvalue weighted by molar-refractivity contribution is 0.0660. The Bertz CT molecular complexity index is 609. The third-order valence-electron chi connectivity index (χ3n) is 2.89. The highest BCUT2D eigenvalue weighted by Crippen LogP contribution is 2.15. The summed E-state index contributed by atoms with van der Waals surface area (Å²) in [7, 11) is 1.59. The molecular formula is C15H14O5. The van der Waals surface area contributed by atoms with Gasteiger partial charge >= 0.3 is 5.97 Å². The first kappa shape index (κ1) is 13.9. The van der Waals surface area contributed by atoms with E-state index in [1.807, 2.05) is 24.3 Å². The highest BCUT2D eigenvalue weighted by Gasteiger charge is 2.14. The number of carboxylic acid groups (broad SMARTS) is 1. The van der Waals surface area contributed by atoms with Gasteiger partial charge in [-0.3, -0.25) is 4.79 Å². The van der Waals surface area contributed by atoms with Crippen LogP contribution in [0.25, 0.3) is 0 Å². The monoisotopic (exact) mass is 274 g/mol. The second kappa shape index (κ2) is 6.06. The first-order chi connectivity index (χ1) is 9.60. The van der Waals surface area contributed by atoms with E-state index in [2.05, 4.69) is 0 Å². The van der Waals surface area contributed by atoms with Gasteiger partial charge in [-0.1, -0.05) is 12.1 Å². The van der Waals surface area contributed by atoms with E-state index in [9.17, 15) is 9.59 Å². The SMILES string of the molecule is COc1ccc(CCC(=O)c2ccc(C(=O)O)o2)cc1. The van der Waals surface area contributed by atoms with Gasteiger partial charge in [0.15, 0.2) is 11.5 Å². The van der Waals surface area contributed by atoms with Crippen LogP contribution in [-0.4, -0.2) is 24.0 Å². The lowest BCUT2D eigenvalue weighted by Gasteiger charge is -2.02. The first-order valence-electron chi connectivity index (χ1n) is 6.09. The molecule has 1 N–H and O–H groups in total. The summed E-state index contributed by atoms with van der Waals surface area (Å²) in [4.78, 5) is 22.5. The molecule has 0 atom stereocenters. The Morgan fingerprint density at radius 3 is 2.30 bits per heavy atom. The number of aryl methyl sites for hydroxylation is 1. The van der Waals surface area contributed by atoms with Crippen LogP contribution in [0.4, 0.5) is 0 Å². The molecule has 0 aliphatic carbocycles. The van der Waals surface area contributed by atoms with Crippen LogP contribution in [0.5, 0.6) is 5.75 Å². The van der Waals surface area contributed by atoms with Crippen LogP contribution in [0, 0.1) is 0 Å². The summed E-state index contributed by atoms with van der Waals surface area (Å²) in [6.45, 7) is 0. The normalized spacial score (nSPS) is 10.2. The molecule has 0 radical (unpaired) electrons. The number of carbonyl (C=O) groups excluding carboxylic acids is 1. The largest absolute Gasteiger partial charge is 0.497 e. The van der Waals surface area contributed by atoms with Gasteiger partial charge in [0.05, 0.1) is 7.11 Å². The van der Waals surface area contributed by atoms with Gasteiger partial charge in [0.2, 0.25) is 5.76 Å². The topological polar surface area (TPSA) is 76.7 Å². The number of rotatable bonds is 6. The molecule has 0 saturated carbocycles. The third-order valence-corrected chi connectivity index (χ3v) is 2.89. The Labute approximate surface area is 115 Å². The van der Waals surface area contributed by atoms with Crippen LogP contribution in [-0.2, 0) is 6.42 Å². The fraction of sp³-hybridized carbons (Fsp3) is 0.200. The average molecular weight is 274 g/mol. The number of carboxylic acids is 1. The van der Waals surface area contributed by atoms with E-state index in [-0.39, 0.29) is 23.7 Å². The molecule has 5 heteroatoms. The Balaban J connectivity index is 1.95. The minimum atomic E-state index is -1.18. The van der Waals surface area contributed by atoms with Crippen molar-refractivity contribution in [2.75, 3.05) is 7.11 Å².